The number of hydrogen-bond donors (Lipinski definition) is 2. The zero-order valence-electron chi connectivity index (χ0n) is 21.3. The van der Waals surface area contributed by atoms with Crippen molar-refractivity contribution in [1.82, 2.24) is 29.7 Å². The lowest BCUT2D eigenvalue weighted by molar-refractivity contribution is -0.0473. The van der Waals surface area contributed by atoms with Crippen molar-refractivity contribution in [2.45, 2.75) is 6.23 Å². The van der Waals surface area contributed by atoms with E-state index in [1.165, 1.54) is 0 Å². The Balaban J connectivity index is 1.32. The summed E-state index contributed by atoms with van der Waals surface area (Å²) in [5.41, 5.74) is 4.68. The number of nitrogens with zero attached hydrogens (tertiary/aromatic N) is 6. The summed E-state index contributed by atoms with van der Waals surface area (Å²) in [6.45, 7) is 3.51. The van der Waals surface area contributed by atoms with Crippen molar-refractivity contribution in [3.63, 3.8) is 0 Å². The summed E-state index contributed by atoms with van der Waals surface area (Å²) in [6, 6.07) is 9.59. The second-order valence-electron chi connectivity index (χ2n) is 9.36. The van der Waals surface area contributed by atoms with Crippen molar-refractivity contribution >= 4 is 56.9 Å². The number of benzene rings is 2. The van der Waals surface area contributed by atoms with Gasteiger partial charge in [0.2, 0.25) is 5.95 Å². The normalized spacial score (nSPS) is 15.0. The summed E-state index contributed by atoms with van der Waals surface area (Å²) >= 11 is 3.53. The predicted molar refractivity (Wildman–Crippen MR) is 153 cm³/mol. The van der Waals surface area contributed by atoms with Crippen molar-refractivity contribution in [1.29, 1.82) is 0 Å². The van der Waals surface area contributed by atoms with E-state index in [2.05, 4.69) is 51.6 Å². The van der Waals surface area contributed by atoms with Crippen LogP contribution >= 0.6 is 23.1 Å². The Morgan fingerprint density at radius 3 is 2.72 bits per heavy atom. The lowest BCUT2D eigenvalue weighted by Gasteiger charge is -2.27. The summed E-state index contributed by atoms with van der Waals surface area (Å²) < 4.78 is 27.3. The number of aryl methyl sites for hydroxylation is 1. The smallest absolute Gasteiger partial charge is 0.226 e. The standard InChI is InChI=1S/C26H24BrN8O3P/c1-35-13-16(11-31-35)15-4-7-21-17(10-15)25(38-14-37-21)34-26-30-12-18(27)24(33-26)32-20-6-5-19-22(29-9-8-28-19)23(20)39(2,3)36/h4-13,25H,14H2,1-3H3,(H2,30,32,33,34). The van der Waals surface area contributed by atoms with E-state index >= 15 is 0 Å². The molecule has 6 rings (SSSR count). The lowest BCUT2D eigenvalue weighted by Crippen LogP contribution is -2.24. The van der Waals surface area contributed by atoms with Crippen LogP contribution in [0.5, 0.6) is 5.75 Å². The molecule has 0 saturated carbocycles. The number of ether oxygens (including phenoxy) is 2. The number of fused-ring (bicyclic) bond motifs is 2. The number of hydrogen-bond acceptors (Lipinski definition) is 10. The Labute approximate surface area is 232 Å². The Morgan fingerprint density at radius 2 is 1.92 bits per heavy atom. The molecule has 11 nitrogen and oxygen atoms in total. The summed E-state index contributed by atoms with van der Waals surface area (Å²) in [6.07, 6.45) is 8.06. The number of anilines is 3. The van der Waals surface area contributed by atoms with Crippen molar-refractivity contribution in [3.05, 3.63) is 71.4 Å². The van der Waals surface area contributed by atoms with Gasteiger partial charge in [-0.15, -0.1) is 0 Å². The highest BCUT2D eigenvalue weighted by molar-refractivity contribution is 9.10. The molecule has 0 bridgehead atoms. The quantitative estimate of drug-likeness (QED) is 0.253. The van der Waals surface area contributed by atoms with Crippen LogP contribution in [0.1, 0.15) is 11.8 Å². The van der Waals surface area contributed by atoms with Crippen LogP contribution < -0.4 is 20.7 Å². The van der Waals surface area contributed by atoms with Crippen molar-refractivity contribution in [2.24, 2.45) is 7.05 Å². The molecule has 4 heterocycles. The Hall–Kier alpha value is -3.86. The third-order valence-electron chi connectivity index (χ3n) is 6.19. The van der Waals surface area contributed by atoms with Gasteiger partial charge >= 0.3 is 0 Å². The van der Waals surface area contributed by atoms with Gasteiger partial charge in [0.1, 0.15) is 24.2 Å². The van der Waals surface area contributed by atoms with Crippen LogP contribution in [0, 0.1) is 0 Å². The van der Waals surface area contributed by atoms with Crippen molar-refractivity contribution in [3.8, 4) is 16.9 Å². The molecule has 1 aliphatic heterocycles. The highest BCUT2D eigenvalue weighted by Gasteiger charge is 2.25. The maximum absolute atomic E-state index is 13.3. The monoisotopic (exact) mass is 606 g/mol. The molecule has 0 aliphatic carbocycles. The van der Waals surface area contributed by atoms with E-state index in [0.717, 1.165) is 16.7 Å². The van der Waals surface area contributed by atoms with Gasteiger partial charge in [-0.1, -0.05) is 6.07 Å². The van der Waals surface area contributed by atoms with Crippen molar-refractivity contribution in [2.75, 3.05) is 30.8 Å². The first-order chi connectivity index (χ1) is 18.8. The molecule has 1 aliphatic rings. The van der Waals surface area contributed by atoms with Gasteiger partial charge < -0.3 is 24.7 Å². The first-order valence-corrected chi connectivity index (χ1v) is 15.4. The average Bonchev–Trinajstić information content (AvgIpc) is 3.36. The molecular weight excluding hydrogens is 583 g/mol. The van der Waals surface area contributed by atoms with E-state index in [0.29, 0.717) is 44.0 Å². The van der Waals surface area contributed by atoms with Crippen LogP contribution in [0.25, 0.3) is 22.2 Å². The Bertz CT molecular complexity index is 1760. The van der Waals surface area contributed by atoms with Crippen molar-refractivity contribution < 1.29 is 14.0 Å². The summed E-state index contributed by atoms with van der Waals surface area (Å²) in [5, 5.41) is 11.5. The van der Waals surface area contributed by atoms with Gasteiger partial charge in [0.05, 0.1) is 27.2 Å². The first kappa shape index (κ1) is 25.4. The minimum atomic E-state index is -2.74. The molecule has 2 aromatic carbocycles. The van der Waals surface area contributed by atoms with E-state index < -0.39 is 13.4 Å². The summed E-state index contributed by atoms with van der Waals surface area (Å²) in [7, 11) is -0.860. The van der Waals surface area contributed by atoms with E-state index in [9.17, 15) is 4.57 Å². The Kier molecular flexibility index (Phi) is 6.54. The fraction of sp³-hybridized carbons (Fsp3) is 0.192. The molecule has 0 spiro atoms. The van der Waals surface area contributed by atoms with Gasteiger partial charge in [0, 0.05) is 43.0 Å². The van der Waals surface area contributed by atoms with Gasteiger partial charge in [0.15, 0.2) is 13.0 Å². The second kappa shape index (κ2) is 10.0. The lowest BCUT2D eigenvalue weighted by atomic mass is 10.0. The van der Waals surface area contributed by atoms with E-state index in [1.807, 2.05) is 49.8 Å². The SMILES string of the molecule is Cn1cc(-c2ccc3c(c2)C(Nc2ncc(Br)c(Nc4ccc5nccnc5c4P(C)(C)=O)n2)OCO3)cn1. The number of aromatic nitrogens is 6. The van der Waals surface area contributed by atoms with E-state index in [-0.39, 0.29) is 6.79 Å². The van der Waals surface area contributed by atoms with E-state index in [4.69, 9.17) is 9.47 Å². The highest BCUT2D eigenvalue weighted by Crippen LogP contribution is 2.41. The molecule has 198 valence electrons. The number of rotatable bonds is 6. The fourth-order valence-electron chi connectivity index (χ4n) is 4.45. The third kappa shape index (κ3) is 5.10. The molecule has 1 unspecified atom stereocenters. The average molecular weight is 607 g/mol. The van der Waals surface area contributed by atoms with Gasteiger partial charge in [-0.3, -0.25) is 14.6 Å². The largest absolute Gasteiger partial charge is 0.467 e. The number of nitrogens with one attached hydrogen (secondary N) is 2. The van der Waals surface area contributed by atoms with Gasteiger partial charge in [-0.2, -0.15) is 10.1 Å². The van der Waals surface area contributed by atoms with Crippen LogP contribution in [0.3, 0.4) is 0 Å². The maximum Gasteiger partial charge on any atom is 0.226 e. The molecule has 0 saturated heterocycles. The van der Waals surface area contributed by atoms with Gasteiger partial charge in [-0.05, 0) is 59.1 Å². The maximum atomic E-state index is 13.3. The number of halogens is 1. The van der Waals surface area contributed by atoms with Crippen LogP contribution in [0.15, 0.2) is 65.8 Å². The first-order valence-electron chi connectivity index (χ1n) is 12.0. The van der Waals surface area contributed by atoms with Crippen LogP contribution in [-0.2, 0) is 16.3 Å². The molecule has 39 heavy (non-hydrogen) atoms. The highest BCUT2D eigenvalue weighted by atomic mass is 79.9. The van der Waals surface area contributed by atoms with E-state index in [1.54, 1.807) is 36.6 Å². The third-order valence-corrected chi connectivity index (χ3v) is 8.30. The second-order valence-corrected chi connectivity index (χ2v) is 13.4. The molecule has 2 N–H and O–H groups in total. The molecule has 13 heteroatoms. The molecule has 3 aromatic heterocycles. The molecule has 0 radical (unpaired) electrons. The molecule has 0 amide bonds. The minimum Gasteiger partial charge on any atom is -0.467 e. The van der Waals surface area contributed by atoms with Gasteiger partial charge in [-0.25, -0.2) is 4.98 Å². The fourth-order valence-corrected chi connectivity index (χ4v) is 6.13. The zero-order valence-corrected chi connectivity index (χ0v) is 23.8. The summed E-state index contributed by atoms with van der Waals surface area (Å²) in [5.74, 6) is 1.54. The van der Waals surface area contributed by atoms with Crippen LogP contribution in [0.4, 0.5) is 17.5 Å². The van der Waals surface area contributed by atoms with Crippen LogP contribution in [-0.4, -0.2) is 49.8 Å². The molecule has 0 fully saturated rings. The minimum absolute atomic E-state index is 0.0856. The topological polar surface area (TPSA) is 129 Å². The predicted octanol–water partition coefficient (Wildman–Crippen LogP) is 5.05. The molecule has 1 atom stereocenters. The van der Waals surface area contributed by atoms with Gasteiger partial charge in [0.25, 0.3) is 0 Å². The molecular formula is C26H24BrN8O3P. The molecule has 5 aromatic rings. The Morgan fingerprint density at radius 1 is 1.08 bits per heavy atom. The summed E-state index contributed by atoms with van der Waals surface area (Å²) in [4.78, 5) is 17.9. The van der Waals surface area contributed by atoms with Crippen LogP contribution in [0.2, 0.25) is 0 Å². The zero-order chi connectivity index (χ0) is 27.1.